The van der Waals surface area contributed by atoms with Gasteiger partial charge in [-0.3, -0.25) is 4.79 Å². The molecule has 1 aliphatic heterocycles. The van der Waals surface area contributed by atoms with Crippen molar-refractivity contribution < 1.29 is 4.79 Å². The van der Waals surface area contributed by atoms with E-state index in [1.54, 1.807) is 16.2 Å². The van der Waals surface area contributed by atoms with Gasteiger partial charge in [-0.05, 0) is 45.1 Å². The first-order valence-corrected chi connectivity index (χ1v) is 6.80. The van der Waals surface area contributed by atoms with Crippen molar-refractivity contribution in [3.8, 4) is 11.1 Å². The van der Waals surface area contributed by atoms with Gasteiger partial charge in [0.15, 0.2) is 0 Å². The average molecular weight is 258 g/mol. The zero-order chi connectivity index (χ0) is 12.7. The molecular formula is C14H14N2OS. The van der Waals surface area contributed by atoms with Gasteiger partial charge in [0.1, 0.15) is 0 Å². The van der Waals surface area contributed by atoms with Crippen LogP contribution >= 0.6 is 11.3 Å². The fourth-order valence-corrected chi connectivity index (χ4v) is 3.25. The van der Waals surface area contributed by atoms with Crippen LogP contribution in [0.4, 0.5) is 5.69 Å². The van der Waals surface area contributed by atoms with Crippen molar-refractivity contribution in [3.63, 3.8) is 0 Å². The Morgan fingerprint density at radius 1 is 1.39 bits per heavy atom. The molecule has 0 radical (unpaired) electrons. The zero-order valence-electron chi connectivity index (χ0n) is 10.1. The summed E-state index contributed by atoms with van der Waals surface area (Å²) in [5, 5.41) is 4.20. The highest BCUT2D eigenvalue weighted by Crippen LogP contribution is 2.34. The number of anilines is 1. The van der Waals surface area contributed by atoms with Crippen LogP contribution in [0.15, 0.2) is 29.0 Å². The lowest BCUT2D eigenvalue weighted by molar-refractivity contribution is -0.117. The van der Waals surface area contributed by atoms with Crippen molar-refractivity contribution in [2.75, 3.05) is 11.9 Å². The second-order valence-electron chi connectivity index (χ2n) is 4.49. The number of likely N-dealkylation sites (N-methyl/N-ethyl adjacent to an activating group) is 1. The standard InChI is InChI=1S/C14H14N2OS/c1-16-13-3-2-9(4-10(13)5-14(16)17)12-8-18-7-11(12)6-15/h2-4,7-8H,5-6,15H2,1H3. The molecule has 4 heteroatoms. The Kier molecular flexibility index (Phi) is 2.69. The maximum absolute atomic E-state index is 11.7. The summed E-state index contributed by atoms with van der Waals surface area (Å²) in [6, 6.07) is 6.20. The molecule has 0 saturated heterocycles. The molecular weight excluding hydrogens is 244 g/mol. The lowest BCUT2D eigenvalue weighted by Crippen LogP contribution is -2.20. The van der Waals surface area contributed by atoms with Gasteiger partial charge in [-0.25, -0.2) is 0 Å². The predicted molar refractivity (Wildman–Crippen MR) is 74.8 cm³/mol. The molecule has 0 bridgehead atoms. The van der Waals surface area contributed by atoms with E-state index in [0.717, 1.165) is 22.4 Å². The van der Waals surface area contributed by atoms with Crippen LogP contribution in [0.25, 0.3) is 11.1 Å². The van der Waals surface area contributed by atoms with E-state index in [1.807, 2.05) is 13.1 Å². The number of amides is 1. The highest BCUT2D eigenvalue weighted by Gasteiger charge is 2.24. The van der Waals surface area contributed by atoms with Gasteiger partial charge >= 0.3 is 0 Å². The van der Waals surface area contributed by atoms with Crippen LogP contribution in [-0.2, 0) is 17.8 Å². The number of rotatable bonds is 2. The van der Waals surface area contributed by atoms with Crippen molar-refractivity contribution >= 4 is 22.9 Å². The number of fused-ring (bicyclic) bond motifs is 1. The van der Waals surface area contributed by atoms with Crippen molar-refractivity contribution in [1.82, 2.24) is 0 Å². The summed E-state index contributed by atoms with van der Waals surface area (Å²) in [4.78, 5) is 13.4. The van der Waals surface area contributed by atoms with Crippen LogP contribution in [0, 0.1) is 0 Å². The number of carbonyl (C=O) groups is 1. The Balaban J connectivity index is 2.07. The number of hydrogen-bond donors (Lipinski definition) is 1. The number of hydrogen-bond acceptors (Lipinski definition) is 3. The first kappa shape index (κ1) is 11.4. The Morgan fingerprint density at radius 2 is 2.22 bits per heavy atom. The molecule has 0 aliphatic carbocycles. The van der Waals surface area contributed by atoms with Crippen LogP contribution in [0.5, 0.6) is 0 Å². The van der Waals surface area contributed by atoms with E-state index in [0.29, 0.717) is 13.0 Å². The molecule has 3 nitrogen and oxygen atoms in total. The molecule has 2 N–H and O–H groups in total. The van der Waals surface area contributed by atoms with Crippen molar-refractivity contribution in [2.24, 2.45) is 5.73 Å². The lowest BCUT2D eigenvalue weighted by atomic mass is 10.0. The molecule has 0 unspecified atom stereocenters. The minimum absolute atomic E-state index is 0.159. The van der Waals surface area contributed by atoms with Gasteiger partial charge in [0.05, 0.1) is 6.42 Å². The zero-order valence-corrected chi connectivity index (χ0v) is 11.0. The third-order valence-corrected chi connectivity index (χ3v) is 4.22. The van der Waals surface area contributed by atoms with E-state index in [9.17, 15) is 4.79 Å². The van der Waals surface area contributed by atoms with Crippen LogP contribution < -0.4 is 10.6 Å². The molecule has 2 aromatic rings. The molecule has 1 aromatic heterocycles. The summed E-state index contributed by atoms with van der Waals surface area (Å²) in [7, 11) is 1.82. The minimum atomic E-state index is 0.159. The molecule has 0 atom stereocenters. The Morgan fingerprint density at radius 3 is 3.00 bits per heavy atom. The molecule has 2 heterocycles. The van der Waals surface area contributed by atoms with Gasteiger partial charge in [-0.2, -0.15) is 11.3 Å². The van der Waals surface area contributed by atoms with Gasteiger partial charge < -0.3 is 10.6 Å². The molecule has 92 valence electrons. The Bertz CT molecular complexity index is 618. The first-order valence-electron chi connectivity index (χ1n) is 5.85. The predicted octanol–water partition coefficient (Wildman–Crippen LogP) is 2.39. The topological polar surface area (TPSA) is 46.3 Å². The van der Waals surface area contributed by atoms with Crippen molar-refractivity contribution in [3.05, 3.63) is 40.1 Å². The molecule has 0 saturated carbocycles. The van der Waals surface area contributed by atoms with E-state index in [2.05, 4.69) is 22.9 Å². The van der Waals surface area contributed by atoms with Crippen molar-refractivity contribution in [1.29, 1.82) is 0 Å². The number of nitrogens with zero attached hydrogens (tertiary/aromatic N) is 1. The summed E-state index contributed by atoms with van der Waals surface area (Å²) in [6.07, 6.45) is 0.502. The Labute approximate surface area is 110 Å². The van der Waals surface area contributed by atoms with E-state index in [-0.39, 0.29) is 5.91 Å². The monoisotopic (exact) mass is 258 g/mol. The smallest absolute Gasteiger partial charge is 0.231 e. The fraction of sp³-hybridized carbons (Fsp3) is 0.214. The molecule has 1 aliphatic rings. The fourth-order valence-electron chi connectivity index (χ4n) is 2.37. The third kappa shape index (κ3) is 1.65. The molecule has 1 aromatic carbocycles. The van der Waals surface area contributed by atoms with Gasteiger partial charge in [0.25, 0.3) is 0 Å². The average Bonchev–Trinajstić information content (AvgIpc) is 2.95. The second-order valence-corrected chi connectivity index (χ2v) is 5.23. The van der Waals surface area contributed by atoms with E-state index >= 15 is 0 Å². The largest absolute Gasteiger partial charge is 0.326 e. The summed E-state index contributed by atoms with van der Waals surface area (Å²) < 4.78 is 0. The highest BCUT2D eigenvalue weighted by molar-refractivity contribution is 7.08. The Hall–Kier alpha value is -1.65. The van der Waals surface area contributed by atoms with Gasteiger partial charge in [0.2, 0.25) is 5.91 Å². The van der Waals surface area contributed by atoms with E-state index in [1.165, 1.54) is 5.56 Å². The maximum Gasteiger partial charge on any atom is 0.231 e. The quantitative estimate of drug-likeness (QED) is 0.899. The number of thiophene rings is 1. The SMILES string of the molecule is CN1C(=O)Cc2cc(-c3cscc3CN)ccc21. The number of carbonyl (C=O) groups excluding carboxylic acids is 1. The molecule has 0 fully saturated rings. The summed E-state index contributed by atoms with van der Waals surface area (Å²) >= 11 is 1.66. The van der Waals surface area contributed by atoms with E-state index in [4.69, 9.17) is 5.73 Å². The van der Waals surface area contributed by atoms with Crippen LogP contribution in [0.2, 0.25) is 0 Å². The summed E-state index contributed by atoms with van der Waals surface area (Å²) in [5.74, 6) is 0.159. The normalized spacial score (nSPS) is 14.1. The van der Waals surface area contributed by atoms with E-state index < -0.39 is 0 Å². The summed E-state index contributed by atoms with van der Waals surface area (Å²) in [6.45, 7) is 0.550. The molecule has 3 rings (SSSR count). The molecule has 1 amide bonds. The minimum Gasteiger partial charge on any atom is -0.326 e. The molecule has 18 heavy (non-hydrogen) atoms. The second kappa shape index (κ2) is 4.23. The number of benzene rings is 1. The highest BCUT2D eigenvalue weighted by atomic mass is 32.1. The third-order valence-electron chi connectivity index (χ3n) is 3.43. The lowest BCUT2D eigenvalue weighted by Gasteiger charge is -2.10. The van der Waals surface area contributed by atoms with Crippen LogP contribution in [-0.4, -0.2) is 13.0 Å². The summed E-state index contributed by atoms with van der Waals surface area (Å²) in [5.41, 5.74) is 11.4. The van der Waals surface area contributed by atoms with Crippen LogP contribution in [0.1, 0.15) is 11.1 Å². The van der Waals surface area contributed by atoms with Gasteiger partial charge in [-0.15, -0.1) is 0 Å². The van der Waals surface area contributed by atoms with Gasteiger partial charge in [0, 0.05) is 19.3 Å². The first-order chi connectivity index (χ1) is 8.70. The number of nitrogens with two attached hydrogens (primary N) is 1. The van der Waals surface area contributed by atoms with Crippen LogP contribution in [0.3, 0.4) is 0 Å². The maximum atomic E-state index is 11.7. The van der Waals surface area contributed by atoms with Gasteiger partial charge in [-0.1, -0.05) is 6.07 Å². The van der Waals surface area contributed by atoms with Crippen molar-refractivity contribution in [2.45, 2.75) is 13.0 Å². The molecule has 0 spiro atoms.